The van der Waals surface area contributed by atoms with Crippen LogP contribution in [0.15, 0.2) is 29.6 Å². The fourth-order valence-electron chi connectivity index (χ4n) is 2.90. The molecule has 0 atom stereocenters. The predicted molar refractivity (Wildman–Crippen MR) is 90.1 cm³/mol. The fraction of sp³-hybridized carbons (Fsp3) is 0.353. The number of piperidine rings is 1. The van der Waals surface area contributed by atoms with Gasteiger partial charge in [-0.3, -0.25) is 9.69 Å². The van der Waals surface area contributed by atoms with E-state index in [4.69, 9.17) is 10.2 Å². The summed E-state index contributed by atoms with van der Waals surface area (Å²) in [6.45, 7) is 2.32. The van der Waals surface area contributed by atoms with Crippen LogP contribution in [0.2, 0.25) is 0 Å². The normalized spacial score (nSPS) is 16.2. The summed E-state index contributed by atoms with van der Waals surface area (Å²) in [4.78, 5) is 28.3. The minimum absolute atomic E-state index is 0.0659. The van der Waals surface area contributed by atoms with Gasteiger partial charge in [0.15, 0.2) is 5.69 Å². The molecule has 1 saturated heterocycles. The molecule has 2 heterocycles. The highest BCUT2D eigenvalue weighted by molar-refractivity contribution is 7.13. The minimum Gasteiger partial charge on any atom is -0.481 e. The zero-order valence-corrected chi connectivity index (χ0v) is 13.8. The first-order valence-electron chi connectivity index (χ1n) is 7.76. The van der Waals surface area contributed by atoms with Gasteiger partial charge in [0.1, 0.15) is 5.01 Å². The average Bonchev–Trinajstić information content (AvgIpc) is 3.06. The SMILES string of the molecule is O=C(O)c1csc(-c2cccc(CN3CCC(C(=O)O)CC3)c2)n1. The van der Waals surface area contributed by atoms with Crippen LogP contribution >= 0.6 is 11.3 Å². The number of nitrogens with zero attached hydrogens (tertiary/aromatic N) is 2. The third-order valence-electron chi connectivity index (χ3n) is 4.24. The van der Waals surface area contributed by atoms with Crippen molar-refractivity contribution in [3.63, 3.8) is 0 Å². The van der Waals surface area contributed by atoms with Crippen LogP contribution in [0.1, 0.15) is 28.9 Å². The third kappa shape index (κ3) is 3.80. The standard InChI is InChI=1S/C17H18N2O4S/c20-16(21)12-4-6-19(7-5-12)9-11-2-1-3-13(8-11)15-18-14(10-24-15)17(22)23/h1-3,8,10,12H,4-7,9H2,(H,20,21)(H,22,23). The van der Waals surface area contributed by atoms with Crippen molar-refractivity contribution in [2.24, 2.45) is 5.92 Å². The Morgan fingerprint density at radius 2 is 2.00 bits per heavy atom. The molecular weight excluding hydrogens is 328 g/mol. The number of aromatic carboxylic acids is 1. The molecule has 0 amide bonds. The fourth-order valence-corrected chi connectivity index (χ4v) is 3.69. The monoisotopic (exact) mass is 346 g/mol. The molecule has 24 heavy (non-hydrogen) atoms. The summed E-state index contributed by atoms with van der Waals surface area (Å²) >= 11 is 1.32. The first-order chi connectivity index (χ1) is 11.5. The summed E-state index contributed by atoms with van der Waals surface area (Å²) in [5, 5.41) is 20.3. The van der Waals surface area contributed by atoms with Gasteiger partial charge < -0.3 is 10.2 Å². The summed E-state index contributed by atoms with van der Waals surface area (Å²) < 4.78 is 0. The van der Waals surface area contributed by atoms with E-state index in [1.54, 1.807) is 5.38 Å². The average molecular weight is 346 g/mol. The predicted octanol–water partition coefficient (Wildman–Crippen LogP) is 2.80. The number of carboxylic acid groups (broad SMARTS) is 2. The van der Waals surface area contributed by atoms with Crippen molar-refractivity contribution >= 4 is 23.3 Å². The molecule has 3 rings (SSSR count). The van der Waals surface area contributed by atoms with Gasteiger partial charge in [0.05, 0.1) is 5.92 Å². The van der Waals surface area contributed by atoms with Crippen molar-refractivity contribution in [1.29, 1.82) is 0 Å². The molecule has 1 aliphatic heterocycles. The lowest BCUT2D eigenvalue weighted by atomic mass is 9.96. The van der Waals surface area contributed by atoms with Crippen LogP contribution in [0.4, 0.5) is 0 Å². The quantitative estimate of drug-likeness (QED) is 0.865. The van der Waals surface area contributed by atoms with Crippen LogP contribution < -0.4 is 0 Å². The van der Waals surface area contributed by atoms with E-state index in [0.717, 1.165) is 30.8 Å². The van der Waals surface area contributed by atoms with Crippen molar-refractivity contribution in [3.05, 3.63) is 40.9 Å². The molecule has 126 valence electrons. The largest absolute Gasteiger partial charge is 0.481 e. The third-order valence-corrected chi connectivity index (χ3v) is 5.13. The highest BCUT2D eigenvalue weighted by Gasteiger charge is 2.24. The Labute approximate surface area is 143 Å². The smallest absolute Gasteiger partial charge is 0.355 e. The lowest BCUT2D eigenvalue weighted by Crippen LogP contribution is -2.35. The molecule has 2 aromatic rings. The highest BCUT2D eigenvalue weighted by atomic mass is 32.1. The number of likely N-dealkylation sites (tertiary alicyclic amines) is 1. The molecule has 6 nitrogen and oxygen atoms in total. The number of benzene rings is 1. The number of carboxylic acids is 2. The maximum atomic E-state index is 11.0. The number of aliphatic carboxylic acids is 1. The van der Waals surface area contributed by atoms with Gasteiger partial charge in [0, 0.05) is 17.5 Å². The second-order valence-electron chi connectivity index (χ2n) is 5.93. The first-order valence-corrected chi connectivity index (χ1v) is 8.64. The molecule has 0 spiro atoms. The maximum absolute atomic E-state index is 11.0. The molecule has 1 aliphatic rings. The number of rotatable bonds is 5. The number of aromatic nitrogens is 1. The van der Waals surface area contributed by atoms with Crippen molar-refractivity contribution in [3.8, 4) is 10.6 Å². The van der Waals surface area contributed by atoms with Gasteiger partial charge in [0.2, 0.25) is 0 Å². The zero-order valence-electron chi connectivity index (χ0n) is 13.0. The van der Waals surface area contributed by atoms with Crippen molar-refractivity contribution in [2.45, 2.75) is 19.4 Å². The lowest BCUT2D eigenvalue weighted by Gasteiger charge is -2.30. The highest BCUT2D eigenvalue weighted by Crippen LogP contribution is 2.26. The maximum Gasteiger partial charge on any atom is 0.355 e. The van der Waals surface area contributed by atoms with Crippen LogP contribution in [0.3, 0.4) is 0 Å². The van der Waals surface area contributed by atoms with Crippen LogP contribution in [-0.4, -0.2) is 45.1 Å². The number of carbonyl (C=O) groups is 2. The van der Waals surface area contributed by atoms with E-state index in [1.165, 1.54) is 11.3 Å². The van der Waals surface area contributed by atoms with Crippen molar-refractivity contribution in [1.82, 2.24) is 9.88 Å². The van der Waals surface area contributed by atoms with E-state index in [0.29, 0.717) is 17.8 Å². The Bertz CT molecular complexity index is 751. The molecular formula is C17H18N2O4S. The molecule has 1 fully saturated rings. The second kappa shape index (κ2) is 7.11. The Morgan fingerprint density at radius 1 is 1.25 bits per heavy atom. The van der Waals surface area contributed by atoms with Crippen LogP contribution in [0, 0.1) is 5.92 Å². The summed E-state index contributed by atoms with van der Waals surface area (Å²) in [7, 11) is 0. The number of thiazole rings is 1. The van der Waals surface area contributed by atoms with E-state index in [-0.39, 0.29) is 11.6 Å². The molecule has 0 radical (unpaired) electrons. The molecule has 7 heteroatoms. The van der Waals surface area contributed by atoms with Gasteiger partial charge in [0.25, 0.3) is 0 Å². The van der Waals surface area contributed by atoms with Crippen LogP contribution in [0.5, 0.6) is 0 Å². The van der Waals surface area contributed by atoms with E-state index in [1.807, 2.05) is 24.3 Å². The van der Waals surface area contributed by atoms with E-state index in [9.17, 15) is 9.59 Å². The molecule has 2 N–H and O–H groups in total. The molecule has 1 aromatic carbocycles. The first kappa shape index (κ1) is 16.6. The van der Waals surface area contributed by atoms with Gasteiger partial charge >= 0.3 is 11.9 Å². The summed E-state index contributed by atoms with van der Waals surface area (Å²) in [6.07, 6.45) is 1.37. The Balaban J connectivity index is 1.67. The van der Waals surface area contributed by atoms with Crippen molar-refractivity contribution < 1.29 is 19.8 Å². The molecule has 0 saturated carbocycles. The molecule has 0 aliphatic carbocycles. The van der Waals surface area contributed by atoms with Gasteiger partial charge in [-0.05, 0) is 37.6 Å². The van der Waals surface area contributed by atoms with E-state index >= 15 is 0 Å². The van der Waals surface area contributed by atoms with E-state index < -0.39 is 11.9 Å². The van der Waals surface area contributed by atoms with Crippen LogP contribution in [-0.2, 0) is 11.3 Å². The minimum atomic E-state index is -1.02. The summed E-state index contributed by atoms with van der Waals surface area (Å²) in [6, 6.07) is 7.91. The number of hydrogen-bond donors (Lipinski definition) is 2. The summed E-state index contributed by atoms with van der Waals surface area (Å²) in [5.41, 5.74) is 2.09. The Hall–Kier alpha value is -2.25. The molecule has 0 unspecified atom stereocenters. The van der Waals surface area contributed by atoms with Gasteiger partial charge in [-0.1, -0.05) is 18.2 Å². The Morgan fingerprint density at radius 3 is 2.62 bits per heavy atom. The van der Waals surface area contributed by atoms with Gasteiger partial charge in [-0.2, -0.15) is 0 Å². The van der Waals surface area contributed by atoms with Crippen LogP contribution in [0.25, 0.3) is 10.6 Å². The van der Waals surface area contributed by atoms with Gasteiger partial charge in [-0.25, -0.2) is 9.78 Å². The van der Waals surface area contributed by atoms with Crippen molar-refractivity contribution in [2.75, 3.05) is 13.1 Å². The number of hydrogen-bond acceptors (Lipinski definition) is 5. The summed E-state index contributed by atoms with van der Waals surface area (Å²) in [5.74, 6) is -1.94. The van der Waals surface area contributed by atoms with Gasteiger partial charge in [-0.15, -0.1) is 11.3 Å². The molecule has 1 aromatic heterocycles. The Kier molecular flexibility index (Phi) is 4.92. The second-order valence-corrected chi connectivity index (χ2v) is 6.79. The lowest BCUT2D eigenvalue weighted by molar-refractivity contribution is -0.143. The van der Waals surface area contributed by atoms with E-state index in [2.05, 4.69) is 9.88 Å². The molecule has 0 bridgehead atoms. The topological polar surface area (TPSA) is 90.7 Å². The zero-order chi connectivity index (χ0) is 17.1.